The van der Waals surface area contributed by atoms with E-state index >= 15 is 0 Å². The van der Waals surface area contributed by atoms with Crippen molar-refractivity contribution in [1.29, 1.82) is 0 Å². The maximum Gasteiger partial charge on any atom is 0.0705 e. The molecule has 6 rings (SSSR count). The quantitative estimate of drug-likeness (QED) is 0.262. The van der Waals surface area contributed by atoms with Gasteiger partial charge in [-0.3, -0.25) is 9.97 Å². The molecule has 2 atom stereocenters. The SMILES string of the molecule is C=Cc1ccc2nc(C3CCOCC3(C)C)ccc2c1.C=Cc1ccc2nc([C@H]3CCOCC3(C)C)ccc2c1. The van der Waals surface area contributed by atoms with Crippen molar-refractivity contribution in [2.45, 2.75) is 52.4 Å². The van der Waals surface area contributed by atoms with Gasteiger partial charge in [0, 0.05) is 47.2 Å². The van der Waals surface area contributed by atoms with Crippen LogP contribution in [0.15, 0.2) is 73.8 Å². The Bertz CT molecular complexity index is 1410. The largest absolute Gasteiger partial charge is 0.381 e. The number of ether oxygens (including phenoxy) is 2. The summed E-state index contributed by atoms with van der Waals surface area (Å²) in [6.45, 7) is 20.0. The smallest absolute Gasteiger partial charge is 0.0705 e. The average molecular weight is 535 g/mol. The van der Waals surface area contributed by atoms with Crippen LogP contribution in [0.3, 0.4) is 0 Å². The number of hydrogen-bond acceptors (Lipinski definition) is 4. The van der Waals surface area contributed by atoms with Crippen molar-refractivity contribution >= 4 is 34.0 Å². The van der Waals surface area contributed by atoms with Crippen LogP contribution in [0.2, 0.25) is 0 Å². The lowest BCUT2D eigenvalue weighted by molar-refractivity contribution is -0.00552. The number of nitrogens with zero attached hydrogens (tertiary/aromatic N) is 2. The fourth-order valence-corrected chi connectivity index (χ4v) is 6.11. The third-order valence-electron chi connectivity index (χ3n) is 8.59. The molecular formula is C36H42N2O2. The first-order valence-corrected chi connectivity index (χ1v) is 14.4. The number of hydrogen-bond donors (Lipinski definition) is 0. The lowest BCUT2D eigenvalue weighted by Gasteiger charge is -2.38. The molecule has 0 radical (unpaired) electrons. The first-order valence-electron chi connectivity index (χ1n) is 14.4. The highest BCUT2D eigenvalue weighted by atomic mass is 16.5. The van der Waals surface area contributed by atoms with Gasteiger partial charge in [0.2, 0.25) is 0 Å². The van der Waals surface area contributed by atoms with E-state index in [-0.39, 0.29) is 10.8 Å². The molecule has 0 spiro atoms. The lowest BCUT2D eigenvalue weighted by Crippen LogP contribution is -2.34. The highest BCUT2D eigenvalue weighted by molar-refractivity contribution is 5.82. The molecule has 4 aromatic rings. The molecule has 2 saturated heterocycles. The molecule has 0 N–H and O–H groups in total. The Hall–Kier alpha value is -3.34. The van der Waals surface area contributed by atoms with E-state index < -0.39 is 0 Å². The predicted molar refractivity (Wildman–Crippen MR) is 168 cm³/mol. The van der Waals surface area contributed by atoms with Gasteiger partial charge in [0.15, 0.2) is 0 Å². The van der Waals surface area contributed by atoms with E-state index in [2.05, 4.69) is 102 Å². The van der Waals surface area contributed by atoms with Gasteiger partial charge >= 0.3 is 0 Å². The molecule has 0 amide bonds. The van der Waals surface area contributed by atoms with Crippen molar-refractivity contribution in [3.63, 3.8) is 0 Å². The topological polar surface area (TPSA) is 44.2 Å². The lowest BCUT2D eigenvalue weighted by atomic mass is 9.74. The minimum atomic E-state index is 0.153. The van der Waals surface area contributed by atoms with Crippen LogP contribution in [0.4, 0.5) is 0 Å². The molecular weight excluding hydrogens is 492 g/mol. The normalized spacial score (nSPS) is 21.8. The van der Waals surface area contributed by atoms with Crippen LogP contribution in [0.1, 0.15) is 74.9 Å². The van der Waals surface area contributed by atoms with Crippen molar-refractivity contribution in [3.05, 3.63) is 96.3 Å². The molecule has 0 bridgehead atoms. The highest BCUT2D eigenvalue weighted by Gasteiger charge is 2.36. The van der Waals surface area contributed by atoms with Gasteiger partial charge in [-0.2, -0.15) is 0 Å². The van der Waals surface area contributed by atoms with Crippen LogP contribution >= 0.6 is 0 Å². The minimum Gasteiger partial charge on any atom is -0.381 e. The van der Waals surface area contributed by atoms with Crippen molar-refractivity contribution in [1.82, 2.24) is 9.97 Å². The van der Waals surface area contributed by atoms with E-state index in [4.69, 9.17) is 19.4 Å². The van der Waals surface area contributed by atoms with E-state index in [0.717, 1.165) is 61.4 Å². The number of benzene rings is 2. The number of fused-ring (bicyclic) bond motifs is 2. The van der Waals surface area contributed by atoms with Crippen LogP contribution in [-0.2, 0) is 9.47 Å². The molecule has 0 saturated carbocycles. The third-order valence-corrected chi connectivity index (χ3v) is 8.59. The second-order valence-corrected chi connectivity index (χ2v) is 12.5. The van der Waals surface area contributed by atoms with Gasteiger partial charge in [-0.15, -0.1) is 0 Å². The van der Waals surface area contributed by atoms with Crippen molar-refractivity contribution in [3.8, 4) is 0 Å². The van der Waals surface area contributed by atoms with Crippen molar-refractivity contribution in [2.24, 2.45) is 10.8 Å². The van der Waals surface area contributed by atoms with Gasteiger partial charge in [-0.05, 0) is 71.2 Å². The van der Waals surface area contributed by atoms with Crippen LogP contribution in [0.25, 0.3) is 34.0 Å². The molecule has 4 heterocycles. The van der Waals surface area contributed by atoms with Crippen molar-refractivity contribution < 1.29 is 9.47 Å². The standard InChI is InChI=1S/2C18H21NO/c2*1-4-13-5-7-16-14(11-13)6-8-17(19-16)15-9-10-20-12-18(15,2)3/h2*4-8,11,15H,1,9-10,12H2,2-3H3/t15-;/m1./s1. The number of rotatable bonds is 4. The van der Waals surface area contributed by atoms with Gasteiger partial charge < -0.3 is 9.47 Å². The monoisotopic (exact) mass is 534 g/mol. The molecule has 208 valence electrons. The molecule has 40 heavy (non-hydrogen) atoms. The zero-order valence-corrected chi connectivity index (χ0v) is 24.5. The second-order valence-electron chi connectivity index (χ2n) is 12.5. The number of pyridine rings is 2. The van der Waals surface area contributed by atoms with Gasteiger partial charge in [0.1, 0.15) is 0 Å². The van der Waals surface area contributed by atoms with Crippen LogP contribution < -0.4 is 0 Å². The summed E-state index contributed by atoms with van der Waals surface area (Å²) >= 11 is 0. The van der Waals surface area contributed by atoms with Gasteiger partial charge in [0.05, 0.1) is 24.2 Å². The van der Waals surface area contributed by atoms with E-state index in [1.165, 1.54) is 22.2 Å². The molecule has 2 aliphatic heterocycles. The summed E-state index contributed by atoms with van der Waals surface area (Å²) in [6, 6.07) is 21.3. The van der Waals surface area contributed by atoms with Gasteiger partial charge in [-0.25, -0.2) is 0 Å². The Balaban J connectivity index is 0.000000161. The van der Waals surface area contributed by atoms with Crippen LogP contribution in [-0.4, -0.2) is 36.4 Å². The summed E-state index contributed by atoms with van der Waals surface area (Å²) in [5.74, 6) is 0.944. The minimum absolute atomic E-state index is 0.153. The Labute approximate surface area is 239 Å². The maximum atomic E-state index is 5.62. The predicted octanol–water partition coefficient (Wildman–Crippen LogP) is 8.82. The fourth-order valence-electron chi connectivity index (χ4n) is 6.11. The third kappa shape index (κ3) is 6.04. The van der Waals surface area contributed by atoms with Crippen LogP contribution in [0.5, 0.6) is 0 Å². The first kappa shape index (κ1) is 28.2. The van der Waals surface area contributed by atoms with Gasteiger partial charge in [-0.1, -0.05) is 77.3 Å². The average Bonchev–Trinajstić information content (AvgIpc) is 2.96. The first-order chi connectivity index (χ1) is 19.2. The molecule has 2 fully saturated rings. The summed E-state index contributed by atoms with van der Waals surface area (Å²) in [7, 11) is 0. The zero-order valence-electron chi connectivity index (χ0n) is 24.5. The molecule has 1 unspecified atom stereocenters. The van der Waals surface area contributed by atoms with Gasteiger partial charge in [0.25, 0.3) is 0 Å². The summed E-state index contributed by atoms with van der Waals surface area (Å²) in [5.41, 5.74) is 7.09. The van der Waals surface area contributed by atoms with E-state index in [1.54, 1.807) is 0 Å². The van der Waals surface area contributed by atoms with Crippen molar-refractivity contribution in [2.75, 3.05) is 26.4 Å². The summed E-state index contributed by atoms with van der Waals surface area (Å²) < 4.78 is 11.2. The number of aromatic nitrogens is 2. The molecule has 4 nitrogen and oxygen atoms in total. The fraction of sp³-hybridized carbons (Fsp3) is 0.389. The second kappa shape index (κ2) is 11.6. The molecule has 2 aromatic carbocycles. The summed E-state index contributed by atoms with van der Waals surface area (Å²) in [4.78, 5) is 9.76. The van der Waals surface area contributed by atoms with E-state index in [1.807, 2.05) is 12.2 Å². The van der Waals surface area contributed by atoms with Crippen LogP contribution in [0, 0.1) is 10.8 Å². The molecule has 2 aromatic heterocycles. The molecule has 0 aliphatic carbocycles. The van der Waals surface area contributed by atoms with E-state index in [0.29, 0.717) is 11.8 Å². The Kier molecular flexibility index (Phi) is 8.21. The zero-order chi connectivity index (χ0) is 28.3. The maximum absolute atomic E-state index is 5.62. The van der Waals surface area contributed by atoms with E-state index in [9.17, 15) is 0 Å². The highest BCUT2D eigenvalue weighted by Crippen LogP contribution is 2.42. The Morgan fingerprint density at radius 3 is 1.45 bits per heavy atom. The molecule has 2 aliphatic rings. The summed E-state index contributed by atoms with van der Waals surface area (Å²) in [6.07, 6.45) is 5.84. The Morgan fingerprint density at radius 1 is 0.650 bits per heavy atom. The summed E-state index contributed by atoms with van der Waals surface area (Å²) in [5, 5.41) is 2.35. The molecule has 4 heteroatoms. The Morgan fingerprint density at radius 2 is 1.07 bits per heavy atom.